The number of carbonyl (C=O) groups is 2. The molecule has 0 spiro atoms. The first-order valence-electron chi connectivity index (χ1n) is 6.48. The molecule has 108 valence electrons. The van der Waals surface area contributed by atoms with Crippen LogP contribution >= 0.6 is 0 Å². The van der Waals surface area contributed by atoms with E-state index in [1.165, 1.54) is 6.92 Å². The van der Waals surface area contributed by atoms with Gasteiger partial charge >= 0.3 is 6.03 Å². The number of aliphatic hydroxyl groups is 1. The number of carbonyl (C=O) groups excluding carboxylic acids is 2. The first kappa shape index (κ1) is 14.7. The summed E-state index contributed by atoms with van der Waals surface area (Å²) in [5.41, 5.74) is 2.23. The second kappa shape index (κ2) is 6.67. The topological polar surface area (TPSA) is 78.4 Å². The highest BCUT2D eigenvalue weighted by molar-refractivity contribution is 6.01. The van der Waals surface area contributed by atoms with Gasteiger partial charge < -0.3 is 15.7 Å². The van der Waals surface area contributed by atoms with Crippen molar-refractivity contribution in [1.29, 1.82) is 0 Å². The van der Waals surface area contributed by atoms with Crippen molar-refractivity contribution >= 4 is 23.2 Å². The number of hydrogen-bond donors (Lipinski definition) is 3. The van der Waals surface area contributed by atoms with Crippen molar-refractivity contribution in [3.63, 3.8) is 0 Å². The highest BCUT2D eigenvalue weighted by Crippen LogP contribution is 2.16. The largest absolute Gasteiger partial charge is 0.392 e. The van der Waals surface area contributed by atoms with Crippen LogP contribution in [-0.4, -0.2) is 16.9 Å². The van der Waals surface area contributed by atoms with E-state index in [0.29, 0.717) is 22.5 Å². The quantitative estimate of drug-likeness (QED) is 0.755. The van der Waals surface area contributed by atoms with E-state index in [9.17, 15) is 14.7 Å². The van der Waals surface area contributed by atoms with Crippen LogP contribution in [0.2, 0.25) is 0 Å². The molecule has 3 N–H and O–H groups in total. The fraction of sp³-hybridized carbons (Fsp3) is 0.125. The van der Waals surface area contributed by atoms with Crippen LogP contribution in [-0.2, 0) is 6.61 Å². The van der Waals surface area contributed by atoms with Gasteiger partial charge in [0.1, 0.15) is 0 Å². The van der Waals surface area contributed by atoms with Gasteiger partial charge in [0, 0.05) is 22.5 Å². The van der Waals surface area contributed by atoms with Gasteiger partial charge in [0.2, 0.25) is 0 Å². The van der Waals surface area contributed by atoms with Crippen LogP contribution in [0.5, 0.6) is 0 Å². The third kappa shape index (κ3) is 3.90. The van der Waals surface area contributed by atoms with Gasteiger partial charge in [-0.25, -0.2) is 4.79 Å². The number of anilines is 2. The molecule has 0 aliphatic rings. The first-order valence-corrected chi connectivity index (χ1v) is 6.48. The zero-order valence-corrected chi connectivity index (χ0v) is 11.6. The smallest absolute Gasteiger partial charge is 0.323 e. The average Bonchev–Trinajstić information content (AvgIpc) is 2.48. The lowest BCUT2D eigenvalue weighted by Gasteiger charge is -2.11. The number of nitrogens with one attached hydrogen (secondary N) is 2. The fourth-order valence-electron chi connectivity index (χ4n) is 1.88. The second-order valence-corrected chi connectivity index (χ2v) is 4.53. The number of para-hydroxylation sites is 1. The molecule has 0 atom stereocenters. The molecular weight excluding hydrogens is 268 g/mol. The maximum Gasteiger partial charge on any atom is 0.323 e. The summed E-state index contributed by atoms with van der Waals surface area (Å²) in [6, 6.07) is 13.3. The summed E-state index contributed by atoms with van der Waals surface area (Å²) in [6.07, 6.45) is 0. The van der Waals surface area contributed by atoms with Crippen LogP contribution < -0.4 is 10.6 Å². The predicted octanol–water partition coefficient (Wildman–Crippen LogP) is 3.03. The maximum absolute atomic E-state index is 11.9. The third-order valence-corrected chi connectivity index (χ3v) is 2.96. The average molecular weight is 284 g/mol. The number of ketones is 1. The minimum absolute atomic E-state index is 0.0651. The number of urea groups is 1. The fourth-order valence-corrected chi connectivity index (χ4v) is 1.88. The van der Waals surface area contributed by atoms with E-state index in [-0.39, 0.29) is 12.4 Å². The molecule has 5 nitrogen and oxygen atoms in total. The van der Waals surface area contributed by atoms with Crippen LogP contribution in [0.4, 0.5) is 16.2 Å². The summed E-state index contributed by atoms with van der Waals surface area (Å²) in [7, 11) is 0. The van der Waals surface area contributed by atoms with Crippen LogP contribution in [0.15, 0.2) is 48.5 Å². The standard InChI is InChI=1S/C16H16N2O3/c1-11(20)12-6-4-7-14(9-12)17-16(21)18-15-8-3-2-5-13(15)10-19/h2-9,19H,10H2,1H3,(H2,17,18,21). The molecule has 0 aliphatic carbocycles. The van der Waals surface area contributed by atoms with Crippen molar-refractivity contribution in [2.24, 2.45) is 0 Å². The highest BCUT2D eigenvalue weighted by atomic mass is 16.3. The van der Waals surface area contributed by atoms with Crippen molar-refractivity contribution in [3.8, 4) is 0 Å². The Kier molecular flexibility index (Phi) is 4.68. The molecular formula is C16H16N2O3. The Hall–Kier alpha value is -2.66. The molecule has 2 aromatic carbocycles. The van der Waals surface area contributed by atoms with Gasteiger partial charge in [-0.1, -0.05) is 30.3 Å². The van der Waals surface area contributed by atoms with E-state index >= 15 is 0 Å². The van der Waals surface area contributed by atoms with E-state index in [1.807, 2.05) is 0 Å². The SMILES string of the molecule is CC(=O)c1cccc(NC(=O)Nc2ccccc2CO)c1. The lowest BCUT2D eigenvalue weighted by atomic mass is 10.1. The van der Waals surface area contributed by atoms with Gasteiger partial charge in [0.25, 0.3) is 0 Å². The summed E-state index contributed by atoms with van der Waals surface area (Å²) in [5.74, 6) is -0.0651. The zero-order valence-electron chi connectivity index (χ0n) is 11.6. The minimum atomic E-state index is -0.434. The highest BCUT2D eigenvalue weighted by Gasteiger charge is 2.07. The molecule has 5 heteroatoms. The Bertz CT molecular complexity index is 668. The van der Waals surface area contributed by atoms with Crippen LogP contribution in [0.25, 0.3) is 0 Å². The van der Waals surface area contributed by atoms with Gasteiger partial charge in [-0.2, -0.15) is 0 Å². The van der Waals surface area contributed by atoms with Gasteiger partial charge in [0.15, 0.2) is 5.78 Å². The molecule has 0 bridgehead atoms. The lowest BCUT2D eigenvalue weighted by Crippen LogP contribution is -2.20. The van der Waals surface area contributed by atoms with E-state index in [0.717, 1.165) is 0 Å². The molecule has 2 aromatic rings. The number of aliphatic hydroxyl groups excluding tert-OH is 1. The number of amides is 2. The number of Topliss-reactive ketones (excluding diaryl/α,β-unsaturated/α-hetero) is 1. The van der Waals surface area contributed by atoms with E-state index < -0.39 is 6.03 Å². The normalized spacial score (nSPS) is 10.0. The summed E-state index contributed by atoms with van der Waals surface area (Å²) in [6.45, 7) is 1.31. The van der Waals surface area contributed by atoms with E-state index in [1.54, 1.807) is 48.5 Å². The molecule has 0 unspecified atom stereocenters. The van der Waals surface area contributed by atoms with Crippen LogP contribution in [0.3, 0.4) is 0 Å². The second-order valence-electron chi connectivity index (χ2n) is 4.53. The van der Waals surface area contributed by atoms with Crippen molar-refractivity contribution in [1.82, 2.24) is 0 Å². The summed E-state index contributed by atoms with van der Waals surface area (Å²) in [5, 5.41) is 14.5. The monoisotopic (exact) mass is 284 g/mol. The number of rotatable bonds is 4. The molecule has 0 aromatic heterocycles. The summed E-state index contributed by atoms with van der Waals surface area (Å²) in [4.78, 5) is 23.2. The number of benzene rings is 2. The molecule has 0 radical (unpaired) electrons. The predicted molar refractivity (Wildman–Crippen MR) is 81.5 cm³/mol. The van der Waals surface area contributed by atoms with E-state index in [4.69, 9.17) is 0 Å². The lowest BCUT2D eigenvalue weighted by molar-refractivity contribution is 0.101. The van der Waals surface area contributed by atoms with Crippen molar-refractivity contribution in [2.45, 2.75) is 13.5 Å². The van der Waals surface area contributed by atoms with E-state index in [2.05, 4.69) is 10.6 Å². The minimum Gasteiger partial charge on any atom is -0.392 e. The summed E-state index contributed by atoms with van der Waals surface area (Å²) < 4.78 is 0. The zero-order chi connectivity index (χ0) is 15.2. The Labute approximate surface area is 122 Å². The Morgan fingerprint density at radius 2 is 1.81 bits per heavy atom. The maximum atomic E-state index is 11.9. The Balaban J connectivity index is 2.08. The van der Waals surface area contributed by atoms with Gasteiger partial charge in [-0.05, 0) is 25.1 Å². The third-order valence-electron chi connectivity index (χ3n) is 2.96. The van der Waals surface area contributed by atoms with Gasteiger partial charge in [0.05, 0.1) is 6.61 Å². The van der Waals surface area contributed by atoms with Crippen molar-refractivity contribution in [3.05, 3.63) is 59.7 Å². The summed E-state index contributed by atoms with van der Waals surface area (Å²) >= 11 is 0. The molecule has 2 amide bonds. The van der Waals surface area contributed by atoms with Crippen molar-refractivity contribution in [2.75, 3.05) is 10.6 Å². The molecule has 2 rings (SSSR count). The van der Waals surface area contributed by atoms with Crippen LogP contribution in [0.1, 0.15) is 22.8 Å². The van der Waals surface area contributed by atoms with Crippen LogP contribution in [0, 0.1) is 0 Å². The molecule has 0 heterocycles. The van der Waals surface area contributed by atoms with Gasteiger partial charge in [-0.15, -0.1) is 0 Å². The molecule has 21 heavy (non-hydrogen) atoms. The first-order chi connectivity index (χ1) is 10.1. The molecule has 0 fully saturated rings. The Morgan fingerprint density at radius 1 is 1.05 bits per heavy atom. The Morgan fingerprint density at radius 3 is 2.52 bits per heavy atom. The molecule has 0 saturated heterocycles. The van der Waals surface area contributed by atoms with Crippen molar-refractivity contribution < 1.29 is 14.7 Å². The number of hydrogen-bond acceptors (Lipinski definition) is 3. The van der Waals surface area contributed by atoms with Gasteiger partial charge in [-0.3, -0.25) is 4.79 Å². The molecule has 0 saturated carbocycles. The molecule has 0 aliphatic heterocycles.